The molecule has 0 aliphatic carbocycles. The maximum atomic E-state index is 12.7. The van der Waals surface area contributed by atoms with Gasteiger partial charge in [0.05, 0.1) is 20.3 Å². The molecule has 2 aliphatic rings. The lowest BCUT2D eigenvalue weighted by atomic mass is 9.96. The average Bonchev–Trinajstić information content (AvgIpc) is 2.94. The highest BCUT2D eigenvalue weighted by Crippen LogP contribution is 2.33. The molecule has 7 nitrogen and oxygen atoms in total. The summed E-state index contributed by atoms with van der Waals surface area (Å²) in [6.45, 7) is 3.52. The van der Waals surface area contributed by atoms with Crippen molar-refractivity contribution in [3.05, 3.63) is 95.6 Å². The summed E-state index contributed by atoms with van der Waals surface area (Å²) in [7, 11) is 3.25. The molecule has 2 fully saturated rings. The molecule has 2 aliphatic heterocycles. The molecule has 36 heavy (non-hydrogen) atoms. The summed E-state index contributed by atoms with van der Waals surface area (Å²) in [5.41, 5.74) is 3.61. The van der Waals surface area contributed by atoms with Crippen LogP contribution in [0.4, 0.5) is 0 Å². The number of carbonyl (C=O) groups is 1. The van der Waals surface area contributed by atoms with E-state index in [4.69, 9.17) is 9.47 Å². The molecular weight excluding hydrogens is 452 g/mol. The smallest absolute Gasteiger partial charge is 0.224 e. The van der Waals surface area contributed by atoms with E-state index in [0.717, 1.165) is 31.7 Å². The van der Waals surface area contributed by atoms with Crippen LogP contribution in [-0.4, -0.2) is 62.4 Å². The standard InChI is InChI=1S/C29H34N4O3/c1-35-25-14-13-23(19-26(25)36-2)24-20-27(34)31-29(30-24)33-17-15-32(16-18-33)28(21-9-5-3-6-10-21)22-11-7-4-8-12-22/h3-14,19,24,28-30H,15-18,20H2,1-2H3,(H,31,34). The zero-order valence-electron chi connectivity index (χ0n) is 20.9. The largest absolute Gasteiger partial charge is 0.493 e. The fourth-order valence-electron chi connectivity index (χ4n) is 5.31. The Morgan fingerprint density at radius 3 is 2.00 bits per heavy atom. The van der Waals surface area contributed by atoms with Crippen molar-refractivity contribution >= 4 is 5.91 Å². The Hall–Kier alpha value is -3.39. The van der Waals surface area contributed by atoms with Gasteiger partial charge in [-0.1, -0.05) is 66.7 Å². The van der Waals surface area contributed by atoms with E-state index in [1.54, 1.807) is 14.2 Å². The normalized spacial score (nSPS) is 21.2. The molecule has 2 unspecified atom stereocenters. The first-order chi connectivity index (χ1) is 17.7. The van der Waals surface area contributed by atoms with Crippen molar-refractivity contribution in [2.45, 2.75) is 24.8 Å². The molecule has 7 heteroatoms. The van der Waals surface area contributed by atoms with Crippen molar-refractivity contribution in [3.8, 4) is 11.5 Å². The van der Waals surface area contributed by atoms with Crippen molar-refractivity contribution in [3.63, 3.8) is 0 Å². The highest BCUT2D eigenvalue weighted by Gasteiger charge is 2.34. The van der Waals surface area contributed by atoms with Gasteiger partial charge in [0.2, 0.25) is 5.91 Å². The number of hydrogen-bond donors (Lipinski definition) is 2. The molecule has 0 saturated carbocycles. The predicted molar refractivity (Wildman–Crippen MR) is 140 cm³/mol. The summed E-state index contributed by atoms with van der Waals surface area (Å²) in [6, 6.07) is 27.4. The second kappa shape index (κ2) is 11.1. The molecule has 188 valence electrons. The number of hydrogen-bond acceptors (Lipinski definition) is 6. The van der Waals surface area contributed by atoms with Crippen LogP contribution in [0.5, 0.6) is 11.5 Å². The van der Waals surface area contributed by atoms with Crippen LogP contribution in [0.1, 0.15) is 35.2 Å². The summed E-state index contributed by atoms with van der Waals surface area (Å²) in [6.07, 6.45) is 0.175. The van der Waals surface area contributed by atoms with Crippen molar-refractivity contribution in [1.29, 1.82) is 0 Å². The van der Waals surface area contributed by atoms with Crippen LogP contribution in [0, 0.1) is 0 Å². The summed E-state index contributed by atoms with van der Waals surface area (Å²) in [4.78, 5) is 17.5. The van der Waals surface area contributed by atoms with Crippen LogP contribution in [0.2, 0.25) is 0 Å². The summed E-state index contributed by atoms with van der Waals surface area (Å²) < 4.78 is 10.8. The lowest BCUT2D eigenvalue weighted by Crippen LogP contribution is -2.64. The van der Waals surface area contributed by atoms with Crippen molar-refractivity contribution in [2.75, 3.05) is 40.4 Å². The first-order valence-corrected chi connectivity index (χ1v) is 12.5. The molecule has 2 saturated heterocycles. The van der Waals surface area contributed by atoms with Crippen molar-refractivity contribution in [1.82, 2.24) is 20.4 Å². The maximum absolute atomic E-state index is 12.7. The van der Waals surface area contributed by atoms with Gasteiger partial charge >= 0.3 is 0 Å². The number of rotatable bonds is 7. The van der Waals surface area contributed by atoms with Gasteiger partial charge in [0, 0.05) is 38.6 Å². The molecule has 0 bridgehead atoms. The molecule has 1 amide bonds. The Kier molecular flexibility index (Phi) is 7.51. The molecule has 0 radical (unpaired) electrons. The van der Waals surface area contributed by atoms with E-state index < -0.39 is 0 Å². The van der Waals surface area contributed by atoms with Crippen molar-refractivity contribution in [2.24, 2.45) is 0 Å². The van der Waals surface area contributed by atoms with Gasteiger partial charge in [-0.25, -0.2) is 0 Å². The van der Waals surface area contributed by atoms with Gasteiger partial charge in [-0.15, -0.1) is 0 Å². The molecule has 2 atom stereocenters. The minimum atomic E-state index is -0.210. The quantitative estimate of drug-likeness (QED) is 0.533. The average molecular weight is 487 g/mol. The highest BCUT2D eigenvalue weighted by molar-refractivity contribution is 5.78. The molecule has 3 aromatic rings. The highest BCUT2D eigenvalue weighted by atomic mass is 16.5. The minimum absolute atomic E-state index is 0.0485. The van der Waals surface area contributed by atoms with Gasteiger partial charge in [0.1, 0.15) is 6.29 Å². The summed E-state index contributed by atoms with van der Waals surface area (Å²) >= 11 is 0. The Bertz CT molecular complexity index is 1110. The van der Waals surface area contributed by atoms with Gasteiger partial charge < -0.3 is 14.8 Å². The Morgan fingerprint density at radius 2 is 1.42 bits per heavy atom. The second-order valence-electron chi connectivity index (χ2n) is 9.30. The zero-order valence-corrected chi connectivity index (χ0v) is 20.9. The number of ether oxygens (including phenoxy) is 2. The lowest BCUT2D eigenvalue weighted by Gasteiger charge is -2.45. The zero-order chi connectivity index (χ0) is 24.9. The van der Waals surface area contributed by atoms with E-state index in [0.29, 0.717) is 17.9 Å². The topological polar surface area (TPSA) is 66.1 Å². The van der Waals surface area contributed by atoms with Gasteiger partial charge in [0.15, 0.2) is 11.5 Å². The Balaban J connectivity index is 1.29. The predicted octanol–water partition coefficient (Wildman–Crippen LogP) is 3.55. The van der Waals surface area contributed by atoms with Crippen LogP contribution < -0.4 is 20.1 Å². The van der Waals surface area contributed by atoms with E-state index >= 15 is 0 Å². The Labute approximate surface area is 213 Å². The number of carbonyl (C=O) groups excluding carboxylic acids is 1. The fourth-order valence-corrected chi connectivity index (χ4v) is 5.31. The molecule has 3 aromatic carbocycles. The van der Waals surface area contributed by atoms with Crippen molar-refractivity contribution < 1.29 is 14.3 Å². The van der Waals surface area contributed by atoms with Gasteiger partial charge in [-0.3, -0.25) is 19.9 Å². The lowest BCUT2D eigenvalue weighted by molar-refractivity contribution is -0.127. The van der Waals surface area contributed by atoms with Crippen LogP contribution in [0.15, 0.2) is 78.9 Å². The summed E-state index contributed by atoms with van der Waals surface area (Å²) in [5, 5.41) is 6.79. The van der Waals surface area contributed by atoms with Gasteiger partial charge in [0.25, 0.3) is 0 Å². The van der Waals surface area contributed by atoms with E-state index in [1.807, 2.05) is 18.2 Å². The third-order valence-electron chi connectivity index (χ3n) is 7.17. The van der Waals surface area contributed by atoms with E-state index in [-0.39, 0.29) is 24.3 Å². The molecule has 2 N–H and O–H groups in total. The van der Waals surface area contributed by atoms with E-state index in [1.165, 1.54) is 11.1 Å². The number of nitrogens with zero attached hydrogens (tertiary/aromatic N) is 2. The molecular formula is C29H34N4O3. The van der Waals surface area contributed by atoms with E-state index in [9.17, 15) is 4.79 Å². The van der Waals surface area contributed by atoms with Crippen LogP contribution in [-0.2, 0) is 4.79 Å². The summed E-state index contributed by atoms with van der Waals surface area (Å²) in [5.74, 6) is 1.40. The fraction of sp³-hybridized carbons (Fsp3) is 0.345. The monoisotopic (exact) mass is 486 g/mol. The molecule has 5 rings (SSSR count). The molecule has 2 heterocycles. The van der Waals surface area contributed by atoms with Gasteiger partial charge in [-0.2, -0.15) is 0 Å². The SMILES string of the molecule is COc1ccc(C2CC(=O)NC(N3CCN(C(c4ccccc4)c4ccccc4)CC3)N2)cc1OC. The maximum Gasteiger partial charge on any atom is 0.224 e. The first-order valence-electron chi connectivity index (χ1n) is 12.5. The van der Waals surface area contributed by atoms with Crippen LogP contribution >= 0.6 is 0 Å². The number of nitrogens with one attached hydrogen (secondary N) is 2. The first kappa shape index (κ1) is 24.3. The number of methoxy groups -OCH3 is 2. The van der Waals surface area contributed by atoms with Crippen LogP contribution in [0.25, 0.3) is 0 Å². The number of piperazine rings is 1. The number of amides is 1. The third kappa shape index (κ3) is 5.23. The minimum Gasteiger partial charge on any atom is -0.493 e. The van der Waals surface area contributed by atoms with E-state index in [2.05, 4.69) is 81.1 Å². The second-order valence-corrected chi connectivity index (χ2v) is 9.30. The molecule has 0 aromatic heterocycles. The molecule has 0 spiro atoms. The van der Waals surface area contributed by atoms with Crippen LogP contribution in [0.3, 0.4) is 0 Å². The Morgan fingerprint density at radius 1 is 0.806 bits per heavy atom. The third-order valence-corrected chi connectivity index (χ3v) is 7.17. The van der Waals surface area contributed by atoms with Gasteiger partial charge in [-0.05, 0) is 28.8 Å². The number of benzene rings is 3.